The van der Waals surface area contributed by atoms with Crippen molar-refractivity contribution >= 4 is 24.2 Å². The highest BCUT2D eigenvalue weighted by Gasteiger charge is 2.25. The molecule has 96 valence electrons. The van der Waals surface area contributed by atoms with Crippen LogP contribution >= 0.6 is 0 Å². The van der Waals surface area contributed by atoms with Crippen molar-refractivity contribution in [2.45, 2.75) is 20.0 Å². The van der Waals surface area contributed by atoms with Crippen molar-refractivity contribution in [3.8, 4) is 0 Å². The molecule has 0 atom stereocenters. The number of nitro benzene ring substituents is 1. The van der Waals surface area contributed by atoms with Gasteiger partial charge in [-0.15, -0.1) is 0 Å². The molecule has 0 saturated carbocycles. The number of hydrogen-bond donors (Lipinski definition) is 2. The molecule has 0 saturated heterocycles. The fraction of sp³-hybridized carbons (Fsp3) is 0.300. The Morgan fingerprint density at radius 3 is 2.50 bits per heavy atom. The summed E-state index contributed by atoms with van der Waals surface area (Å²) in [6.07, 6.45) is -0.348. The Kier molecular flexibility index (Phi) is 4.41. The Balaban J connectivity index is 3.15. The molecule has 0 radical (unpaired) electrons. The number of nitro groups is 1. The summed E-state index contributed by atoms with van der Waals surface area (Å²) in [4.78, 5) is 21.5. The molecule has 18 heavy (non-hydrogen) atoms. The Morgan fingerprint density at radius 2 is 2.06 bits per heavy atom. The maximum Gasteiger partial charge on any atom is 0.495 e. The van der Waals surface area contributed by atoms with Crippen LogP contribution < -0.4 is 5.46 Å². The second-order valence-electron chi connectivity index (χ2n) is 3.86. The van der Waals surface area contributed by atoms with Crippen molar-refractivity contribution in [2.75, 3.05) is 0 Å². The molecule has 1 rings (SSSR count). The zero-order valence-electron chi connectivity index (χ0n) is 9.86. The zero-order chi connectivity index (χ0) is 13.9. The highest BCUT2D eigenvalue weighted by molar-refractivity contribution is 6.60. The van der Waals surface area contributed by atoms with E-state index < -0.39 is 23.7 Å². The fourth-order valence-electron chi connectivity index (χ4n) is 1.33. The molecule has 0 heterocycles. The highest BCUT2D eigenvalue weighted by atomic mass is 16.6. The smallest absolute Gasteiger partial charge is 0.459 e. The van der Waals surface area contributed by atoms with Crippen LogP contribution in [0.3, 0.4) is 0 Å². The Labute approximate surface area is 103 Å². The number of rotatable bonds is 4. The molecule has 0 amide bonds. The summed E-state index contributed by atoms with van der Waals surface area (Å²) in [5.74, 6) is -0.702. The normalized spacial score (nSPS) is 10.3. The van der Waals surface area contributed by atoms with Crippen molar-refractivity contribution in [2.24, 2.45) is 0 Å². The van der Waals surface area contributed by atoms with Crippen molar-refractivity contribution in [1.29, 1.82) is 0 Å². The summed E-state index contributed by atoms with van der Waals surface area (Å²) < 4.78 is 4.88. The standard InChI is InChI=1S/C10H12BNO6/c1-6(2)18-10(13)7-3-4-8(11(14)15)9(5-7)12(16)17/h3-6,14-15H,1-2H3. The van der Waals surface area contributed by atoms with Gasteiger partial charge in [0.25, 0.3) is 5.69 Å². The maximum atomic E-state index is 11.5. The third-order valence-electron chi connectivity index (χ3n) is 2.08. The van der Waals surface area contributed by atoms with Gasteiger partial charge in [0.05, 0.1) is 22.1 Å². The van der Waals surface area contributed by atoms with Gasteiger partial charge in [0, 0.05) is 6.07 Å². The highest BCUT2D eigenvalue weighted by Crippen LogP contribution is 2.13. The molecule has 1 aromatic rings. The van der Waals surface area contributed by atoms with Crippen LogP contribution in [0, 0.1) is 10.1 Å². The summed E-state index contributed by atoms with van der Waals surface area (Å²) in [5, 5.41) is 28.7. The number of carbonyl (C=O) groups excluding carboxylic acids is 1. The van der Waals surface area contributed by atoms with Gasteiger partial charge in [-0.1, -0.05) is 6.07 Å². The molecule has 0 spiro atoms. The Hall–Kier alpha value is -1.93. The lowest BCUT2D eigenvalue weighted by Gasteiger charge is -2.08. The maximum absolute atomic E-state index is 11.5. The van der Waals surface area contributed by atoms with Crippen molar-refractivity contribution in [3.63, 3.8) is 0 Å². The number of carbonyl (C=O) groups is 1. The fourth-order valence-corrected chi connectivity index (χ4v) is 1.33. The molecule has 0 aromatic heterocycles. The Morgan fingerprint density at radius 1 is 1.44 bits per heavy atom. The van der Waals surface area contributed by atoms with E-state index in [2.05, 4.69) is 0 Å². The van der Waals surface area contributed by atoms with Gasteiger partial charge in [-0.3, -0.25) is 10.1 Å². The number of hydrogen-bond acceptors (Lipinski definition) is 6. The van der Waals surface area contributed by atoms with E-state index in [1.54, 1.807) is 13.8 Å². The largest absolute Gasteiger partial charge is 0.495 e. The molecule has 8 heteroatoms. The average molecular weight is 253 g/mol. The first kappa shape index (κ1) is 14.1. The van der Waals surface area contributed by atoms with Crippen molar-refractivity contribution < 1.29 is 24.5 Å². The first-order chi connectivity index (χ1) is 8.32. The number of esters is 1. The lowest BCUT2D eigenvalue weighted by atomic mass is 9.78. The molecule has 7 nitrogen and oxygen atoms in total. The van der Waals surface area contributed by atoms with Crippen LogP contribution in [0.5, 0.6) is 0 Å². The van der Waals surface area contributed by atoms with Crippen LogP contribution in [0.4, 0.5) is 5.69 Å². The number of nitrogens with zero attached hydrogens (tertiary/aromatic N) is 1. The topological polar surface area (TPSA) is 110 Å². The summed E-state index contributed by atoms with van der Waals surface area (Å²) >= 11 is 0. The summed E-state index contributed by atoms with van der Waals surface area (Å²) in [7, 11) is -1.97. The van der Waals surface area contributed by atoms with Crippen LogP contribution in [0.25, 0.3) is 0 Å². The molecular formula is C10H12BNO6. The van der Waals surface area contributed by atoms with Crippen LogP contribution in [-0.2, 0) is 4.74 Å². The van der Waals surface area contributed by atoms with Gasteiger partial charge in [-0.05, 0) is 19.9 Å². The third kappa shape index (κ3) is 3.28. The molecule has 0 unspecified atom stereocenters. The van der Waals surface area contributed by atoms with Gasteiger partial charge in [-0.25, -0.2) is 4.79 Å². The molecule has 0 aliphatic rings. The van der Waals surface area contributed by atoms with E-state index in [0.29, 0.717) is 0 Å². The number of ether oxygens (including phenoxy) is 1. The predicted molar refractivity (Wildman–Crippen MR) is 63.5 cm³/mol. The second kappa shape index (κ2) is 5.61. The van der Waals surface area contributed by atoms with E-state index in [1.165, 1.54) is 6.07 Å². The molecule has 0 fully saturated rings. The summed E-state index contributed by atoms with van der Waals surface area (Å²) in [5.41, 5.74) is -0.830. The minimum atomic E-state index is -1.97. The molecule has 0 bridgehead atoms. The van der Waals surface area contributed by atoms with E-state index in [0.717, 1.165) is 12.1 Å². The molecule has 2 N–H and O–H groups in total. The monoisotopic (exact) mass is 253 g/mol. The van der Waals surface area contributed by atoms with E-state index in [1.807, 2.05) is 0 Å². The van der Waals surface area contributed by atoms with Gasteiger partial charge in [0.2, 0.25) is 0 Å². The van der Waals surface area contributed by atoms with Crippen LogP contribution in [0.2, 0.25) is 0 Å². The van der Waals surface area contributed by atoms with Crippen molar-refractivity contribution in [3.05, 3.63) is 33.9 Å². The summed E-state index contributed by atoms with van der Waals surface area (Å²) in [6, 6.07) is 3.31. The zero-order valence-corrected chi connectivity index (χ0v) is 9.86. The van der Waals surface area contributed by atoms with Crippen LogP contribution in [0.15, 0.2) is 18.2 Å². The van der Waals surface area contributed by atoms with Gasteiger partial charge < -0.3 is 14.8 Å². The first-order valence-corrected chi connectivity index (χ1v) is 5.18. The van der Waals surface area contributed by atoms with Gasteiger partial charge >= 0.3 is 13.1 Å². The van der Waals surface area contributed by atoms with Crippen LogP contribution in [-0.4, -0.2) is 34.2 Å². The van der Waals surface area contributed by atoms with Crippen molar-refractivity contribution in [1.82, 2.24) is 0 Å². The third-order valence-corrected chi connectivity index (χ3v) is 2.08. The second-order valence-corrected chi connectivity index (χ2v) is 3.86. The SMILES string of the molecule is CC(C)OC(=O)c1ccc(B(O)O)c([N+](=O)[O-])c1. The predicted octanol–water partition coefficient (Wildman–Crippen LogP) is -0.160. The van der Waals surface area contributed by atoms with Crippen LogP contribution in [0.1, 0.15) is 24.2 Å². The van der Waals surface area contributed by atoms with Gasteiger partial charge in [0.1, 0.15) is 0 Å². The molecule has 1 aromatic carbocycles. The molecular weight excluding hydrogens is 241 g/mol. The molecule has 0 aliphatic carbocycles. The minimum Gasteiger partial charge on any atom is -0.459 e. The number of benzene rings is 1. The molecule has 0 aliphatic heterocycles. The van der Waals surface area contributed by atoms with E-state index >= 15 is 0 Å². The van der Waals surface area contributed by atoms with Gasteiger partial charge in [-0.2, -0.15) is 0 Å². The lowest BCUT2D eigenvalue weighted by molar-refractivity contribution is -0.383. The van der Waals surface area contributed by atoms with E-state index in [-0.39, 0.29) is 17.1 Å². The van der Waals surface area contributed by atoms with Gasteiger partial charge in [0.15, 0.2) is 0 Å². The minimum absolute atomic E-state index is 0.0141. The first-order valence-electron chi connectivity index (χ1n) is 5.18. The summed E-state index contributed by atoms with van der Waals surface area (Å²) in [6.45, 7) is 3.30. The Bertz CT molecular complexity index is 473. The van der Waals surface area contributed by atoms with E-state index in [4.69, 9.17) is 14.8 Å². The lowest BCUT2D eigenvalue weighted by Crippen LogP contribution is -2.32. The quantitative estimate of drug-likeness (QED) is 0.334. The van der Waals surface area contributed by atoms with E-state index in [9.17, 15) is 14.9 Å². The average Bonchev–Trinajstić information content (AvgIpc) is 2.26.